The minimum absolute atomic E-state index is 0.351. The topological polar surface area (TPSA) is 12.9 Å². The normalized spacial score (nSPS) is 15.9. The molecular weight excluding hydrogens is 302 g/mol. The van der Waals surface area contributed by atoms with E-state index in [0.29, 0.717) is 18.0 Å². The average molecular weight is 330 g/mol. The molecule has 0 spiro atoms. The molecule has 1 saturated carbocycles. The lowest BCUT2D eigenvalue weighted by Gasteiger charge is -2.14. The van der Waals surface area contributed by atoms with Gasteiger partial charge in [-0.3, -0.25) is 4.98 Å². The molecule has 25 heavy (non-hydrogen) atoms. The van der Waals surface area contributed by atoms with Gasteiger partial charge in [0.1, 0.15) is 0 Å². The number of aromatic nitrogens is 1. The predicted molar refractivity (Wildman–Crippen MR) is 107 cm³/mol. The van der Waals surface area contributed by atoms with Gasteiger partial charge in [-0.1, -0.05) is 56.5 Å². The van der Waals surface area contributed by atoms with Crippen molar-refractivity contribution in [2.24, 2.45) is 0 Å². The van der Waals surface area contributed by atoms with Crippen LogP contribution in [0.25, 0.3) is 22.0 Å². The molecule has 3 aromatic rings. The zero-order chi connectivity index (χ0) is 18.3. The summed E-state index contributed by atoms with van der Waals surface area (Å²) in [5, 5.41) is 2.31. The van der Waals surface area contributed by atoms with E-state index >= 15 is 0 Å². The molecule has 1 aliphatic rings. The fraction of sp³-hybridized carbons (Fsp3) is 0.375. The van der Waals surface area contributed by atoms with Gasteiger partial charge in [0.25, 0.3) is 0 Å². The number of aryl methyl sites for hydroxylation is 1. The second-order valence-corrected chi connectivity index (χ2v) is 7.85. The molecule has 128 valence electrons. The van der Waals surface area contributed by atoms with Crippen molar-refractivity contribution in [3.05, 3.63) is 65.3 Å². The van der Waals surface area contributed by atoms with E-state index in [1.165, 1.54) is 42.4 Å². The van der Waals surface area contributed by atoms with Gasteiger partial charge in [-0.05, 0) is 66.3 Å². The highest BCUT2D eigenvalue weighted by Gasteiger charge is 2.18. The second-order valence-electron chi connectivity index (χ2n) is 7.85. The first-order valence-corrected chi connectivity index (χ1v) is 9.54. The molecule has 0 atom stereocenters. The molecule has 1 aromatic heterocycles. The molecule has 2 aromatic carbocycles. The quantitative estimate of drug-likeness (QED) is 0.504. The summed E-state index contributed by atoms with van der Waals surface area (Å²) in [7, 11) is 0. The Bertz CT molecular complexity index is 952. The number of benzene rings is 2. The third kappa shape index (κ3) is 3.20. The van der Waals surface area contributed by atoms with Crippen molar-refractivity contribution in [2.75, 3.05) is 0 Å². The Balaban J connectivity index is 1.87. The second kappa shape index (κ2) is 6.63. The van der Waals surface area contributed by atoms with E-state index in [0.717, 1.165) is 22.0 Å². The van der Waals surface area contributed by atoms with Crippen LogP contribution in [0.3, 0.4) is 0 Å². The van der Waals surface area contributed by atoms with Crippen molar-refractivity contribution < 1.29 is 1.37 Å². The molecule has 0 bridgehead atoms. The molecule has 0 saturated heterocycles. The molecule has 1 nitrogen and oxygen atoms in total. The lowest BCUT2D eigenvalue weighted by atomic mass is 9.92. The number of rotatable bonds is 3. The van der Waals surface area contributed by atoms with Gasteiger partial charge >= 0.3 is 0 Å². The summed E-state index contributed by atoms with van der Waals surface area (Å²) in [4.78, 5) is 4.61. The summed E-state index contributed by atoms with van der Waals surface area (Å²) in [6.45, 7) is 6.58. The van der Waals surface area contributed by atoms with Crippen LogP contribution in [0.5, 0.6) is 0 Å². The van der Waals surface area contributed by atoms with E-state index in [4.69, 9.17) is 1.37 Å². The van der Waals surface area contributed by atoms with Crippen LogP contribution < -0.4 is 0 Å². The molecule has 4 rings (SSSR count). The molecule has 1 heterocycles. The molecule has 1 fully saturated rings. The maximum absolute atomic E-state index is 8.23. The van der Waals surface area contributed by atoms with Gasteiger partial charge in [-0.15, -0.1) is 0 Å². The average Bonchev–Trinajstić information content (AvgIpc) is 3.14. The van der Waals surface area contributed by atoms with Gasteiger partial charge in [0.05, 0.1) is 7.06 Å². The van der Waals surface area contributed by atoms with Crippen molar-refractivity contribution in [3.63, 3.8) is 0 Å². The van der Waals surface area contributed by atoms with Crippen molar-refractivity contribution in [2.45, 2.75) is 58.3 Å². The SMILES string of the molecule is [2H]c1cc2cc(C3CCCC3)ccc2c(-c2cc(C)cc(C(C)C)c2)n1. The lowest BCUT2D eigenvalue weighted by molar-refractivity contribution is 0.724. The van der Waals surface area contributed by atoms with Gasteiger partial charge in [-0.25, -0.2) is 0 Å². The summed E-state index contributed by atoms with van der Waals surface area (Å²) in [6, 6.07) is 15.4. The van der Waals surface area contributed by atoms with Crippen LogP contribution in [-0.2, 0) is 0 Å². The first-order valence-electron chi connectivity index (χ1n) is 10.0. The van der Waals surface area contributed by atoms with E-state index < -0.39 is 0 Å². The maximum Gasteiger partial charge on any atom is 0.0840 e. The van der Waals surface area contributed by atoms with Crippen LogP contribution in [0, 0.1) is 6.92 Å². The maximum atomic E-state index is 8.23. The number of fused-ring (bicyclic) bond motifs is 1. The Hall–Kier alpha value is -2.15. The van der Waals surface area contributed by atoms with Crippen LogP contribution >= 0.6 is 0 Å². The first-order chi connectivity index (χ1) is 12.5. The number of hydrogen-bond donors (Lipinski definition) is 0. The Morgan fingerprint density at radius 1 is 1.04 bits per heavy atom. The number of pyridine rings is 1. The summed E-state index contributed by atoms with van der Waals surface area (Å²) < 4.78 is 8.23. The molecule has 1 aliphatic carbocycles. The smallest absolute Gasteiger partial charge is 0.0840 e. The fourth-order valence-electron chi connectivity index (χ4n) is 4.16. The summed E-state index contributed by atoms with van der Waals surface area (Å²) in [5.74, 6) is 1.17. The van der Waals surface area contributed by atoms with Gasteiger partial charge in [-0.2, -0.15) is 0 Å². The monoisotopic (exact) mass is 330 g/mol. The predicted octanol–water partition coefficient (Wildman–Crippen LogP) is 6.99. The van der Waals surface area contributed by atoms with Crippen LogP contribution in [0.2, 0.25) is 0 Å². The minimum Gasteiger partial charge on any atom is -0.256 e. The highest BCUT2D eigenvalue weighted by atomic mass is 14.7. The Morgan fingerprint density at radius 2 is 1.84 bits per heavy atom. The third-order valence-corrected chi connectivity index (χ3v) is 5.59. The van der Waals surface area contributed by atoms with Crippen LogP contribution in [-0.4, -0.2) is 4.98 Å². The number of nitrogens with zero attached hydrogens (tertiary/aromatic N) is 1. The third-order valence-electron chi connectivity index (χ3n) is 5.59. The van der Waals surface area contributed by atoms with Crippen LogP contribution in [0.1, 0.15) is 69.4 Å². The summed E-state index contributed by atoms with van der Waals surface area (Å²) in [5.41, 5.74) is 6.07. The fourth-order valence-corrected chi connectivity index (χ4v) is 4.16. The van der Waals surface area contributed by atoms with Crippen molar-refractivity contribution >= 4 is 10.8 Å². The van der Waals surface area contributed by atoms with Gasteiger partial charge < -0.3 is 0 Å². The number of hydrogen-bond acceptors (Lipinski definition) is 1. The van der Waals surface area contributed by atoms with E-state index in [9.17, 15) is 0 Å². The highest BCUT2D eigenvalue weighted by Crippen LogP contribution is 2.37. The molecule has 1 heteroatoms. The van der Waals surface area contributed by atoms with E-state index in [1.807, 2.05) is 6.07 Å². The molecule has 0 radical (unpaired) electrons. The van der Waals surface area contributed by atoms with E-state index in [2.05, 4.69) is 62.2 Å². The zero-order valence-electron chi connectivity index (χ0n) is 16.5. The lowest BCUT2D eigenvalue weighted by Crippen LogP contribution is -1.95. The Kier molecular flexibility index (Phi) is 4.01. The van der Waals surface area contributed by atoms with E-state index in [1.54, 1.807) is 0 Å². The molecule has 0 aliphatic heterocycles. The molecule has 0 unspecified atom stereocenters. The largest absolute Gasteiger partial charge is 0.256 e. The standard InChI is InChI=1S/C24H27N/c1-16(2)21-12-17(3)13-22(15-21)24-23-9-8-19(18-6-4-5-7-18)14-20(23)10-11-25-24/h8-16,18H,4-7H2,1-3H3/i11D. The summed E-state index contributed by atoms with van der Waals surface area (Å²) in [6.07, 6.45) is 5.63. The Morgan fingerprint density at radius 3 is 2.60 bits per heavy atom. The Labute approximate surface area is 152 Å². The minimum atomic E-state index is 0.351. The van der Waals surface area contributed by atoms with Crippen molar-refractivity contribution in [1.29, 1.82) is 0 Å². The van der Waals surface area contributed by atoms with Crippen LogP contribution in [0.4, 0.5) is 0 Å². The zero-order valence-corrected chi connectivity index (χ0v) is 15.5. The van der Waals surface area contributed by atoms with Crippen molar-refractivity contribution in [1.82, 2.24) is 4.98 Å². The van der Waals surface area contributed by atoms with Gasteiger partial charge in [0.15, 0.2) is 0 Å². The first kappa shape index (κ1) is 15.1. The highest BCUT2D eigenvalue weighted by molar-refractivity contribution is 5.95. The molecular formula is C24H27N. The van der Waals surface area contributed by atoms with E-state index in [-0.39, 0.29) is 0 Å². The van der Waals surface area contributed by atoms with Gasteiger partial charge in [0, 0.05) is 17.1 Å². The van der Waals surface area contributed by atoms with Crippen LogP contribution in [0.15, 0.2) is 48.6 Å². The molecule has 0 amide bonds. The summed E-state index contributed by atoms with van der Waals surface area (Å²) >= 11 is 0. The van der Waals surface area contributed by atoms with Crippen molar-refractivity contribution in [3.8, 4) is 11.3 Å². The van der Waals surface area contributed by atoms with Gasteiger partial charge in [0.2, 0.25) is 0 Å². The molecule has 0 N–H and O–H groups in total.